The molecule has 1 aromatic rings. The molecule has 88 valence electrons. The van der Waals surface area contributed by atoms with Gasteiger partial charge in [0.1, 0.15) is 0 Å². The normalized spacial score (nSPS) is 11.5. The van der Waals surface area contributed by atoms with Crippen LogP contribution in [0, 0.1) is 22.5 Å². The van der Waals surface area contributed by atoms with E-state index in [2.05, 4.69) is 4.85 Å². The van der Waals surface area contributed by atoms with E-state index in [0.29, 0.717) is 0 Å². The number of carboxylic acids is 1. The fraction of sp³-hybridized carbons (Fsp3) is 0.200. The van der Waals surface area contributed by atoms with Crippen LogP contribution in [0.5, 0.6) is 0 Å². The van der Waals surface area contributed by atoms with Crippen LogP contribution in [0.15, 0.2) is 18.2 Å². The summed E-state index contributed by atoms with van der Waals surface area (Å²) in [5, 5.41) is 19.1. The zero-order chi connectivity index (χ0) is 13.0. The molecule has 0 amide bonds. The molecule has 0 aromatic heterocycles. The van der Waals surface area contributed by atoms with Crippen molar-refractivity contribution in [2.24, 2.45) is 0 Å². The van der Waals surface area contributed by atoms with Gasteiger partial charge in [0.15, 0.2) is 0 Å². The van der Waals surface area contributed by atoms with Gasteiger partial charge >= 0.3 is 17.7 Å². The van der Waals surface area contributed by atoms with Gasteiger partial charge in [-0.2, -0.15) is 4.39 Å². The summed E-state index contributed by atoms with van der Waals surface area (Å²) in [5.41, 5.74) is -0.488. The van der Waals surface area contributed by atoms with E-state index in [1.54, 1.807) is 0 Å². The summed E-state index contributed by atoms with van der Waals surface area (Å²) in [6.45, 7) is 6.66. The van der Waals surface area contributed by atoms with Crippen LogP contribution in [0.3, 0.4) is 0 Å². The SMILES string of the molecule is [C-]#[N+]C(Cc1ccc(F)c([N+](=O)[O-])c1)C(=O)O. The summed E-state index contributed by atoms with van der Waals surface area (Å²) < 4.78 is 13.0. The molecule has 6 nitrogen and oxygen atoms in total. The third kappa shape index (κ3) is 2.98. The standard InChI is InChI=1S/C10H7FN2O4/c1-12-8(10(14)15)4-6-2-3-7(11)9(5-6)13(16)17/h2-3,5,8H,4H2,(H,14,15). The molecule has 0 aliphatic heterocycles. The maximum Gasteiger partial charge on any atom is 0.388 e. The van der Waals surface area contributed by atoms with Crippen molar-refractivity contribution in [3.63, 3.8) is 0 Å². The van der Waals surface area contributed by atoms with Gasteiger partial charge in [0.2, 0.25) is 5.82 Å². The Bertz CT molecular complexity index is 510. The average molecular weight is 238 g/mol. The number of rotatable bonds is 4. The zero-order valence-electron chi connectivity index (χ0n) is 8.46. The molecule has 0 fully saturated rings. The van der Waals surface area contributed by atoms with Crippen LogP contribution in [-0.2, 0) is 11.2 Å². The van der Waals surface area contributed by atoms with E-state index >= 15 is 0 Å². The van der Waals surface area contributed by atoms with E-state index in [4.69, 9.17) is 11.7 Å². The summed E-state index contributed by atoms with van der Waals surface area (Å²) in [4.78, 5) is 23.0. The van der Waals surface area contributed by atoms with E-state index in [0.717, 1.165) is 12.1 Å². The molecular weight excluding hydrogens is 231 g/mol. The topological polar surface area (TPSA) is 84.8 Å². The third-order valence-corrected chi connectivity index (χ3v) is 2.08. The summed E-state index contributed by atoms with van der Waals surface area (Å²) in [6.07, 6.45) is -0.194. The van der Waals surface area contributed by atoms with Crippen LogP contribution < -0.4 is 0 Å². The van der Waals surface area contributed by atoms with Crippen molar-refractivity contribution in [1.29, 1.82) is 0 Å². The largest absolute Gasteiger partial charge is 0.476 e. The molecule has 0 radical (unpaired) electrons. The smallest absolute Gasteiger partial charge is 0.388 e. The van der Waals surface area contributed by atoms with Crippen molar-refractivity contribution in [3.05, 3.63) is 51.1 Å². The number of carboxylic acid groups (broad SMARTS) is 1. The maximum atomic E-state index is 13.0. The zero-order valence-corrected chi connectivity index (χ0v) is 8.46. The predicted molar refractivity (Wildman–Crippen MR) is 54.8 cm³/mol. The lowest BCUT2D eigenvalue weighted by atomic mass is 10.1. The van der Waals surface area contributed by atoms with Gasteiger partial charge in [-0.3, -0.25) is 10.1 Å². The molecule has 17 heavy (non-hydrogen) atoms. The lowest BCUT2D eigenvalue weighted by Crippen LogP contribution is -2.18. The number of halogens is 1. The number of hydrogen-bond donors (Lipinski definition) is 1. The number of nitro groups is 1. The second kappa shape index (κ2) is 5.03. The van der Waals surface area contributed by atoms with Gasteiger partial charge in [0.25, 0.3) is 0 Å². The Morgan fingerprint density at radius 2 is 2.29 bits per heavy atom. The first kappa shape index (κ1) is 12.6. The van der Waals surface area contributed by atoms with E-state index in [9.17, 15) is 19.3 Å². The van der Waals surface area contributed by atoms with Crippen LogP contribution in [0.25, 0.3) is 4.85 Å². The van der Waals surface area contributed by atoms with Crippen molar-refractivity contribution in [2.45, 2.75) is 12.5 Å². The Labute approximate surface area is 95.3 Å². The molecule has 0 saturated carbocycles. The monoisotopic (exact) mass is 238 g/mol. The Hall–Kier alpha value is -2.49. The van der Waals surface area contributed by atoms with Crippen molar-refractivity contribution < 1.29 is 19.2 Å². The van der Waals surface area contributed by atoms with Crippen LogP contribution in [0.2, 0.25) is 0 Å². The first-order valence-electron chi connectivity index (χ1n) is 4.48. The van der Waals surface area contributed by atoms with Gasteiger partial charge < -0.3 is 9.95 Å². The number of hydrogen-bond acceptors (Lipinski definition) is 3. The van der Waals surface area contributed by atoms with E-state index in [1.165, 1.54) is 6.07 Å². The molecule has 1 unspecified atom stereocenters. The van der Waals surface area contributed by atoms with E-state index < -0.39 is 28.4 Å². The fourth-order valence-corrected chi connectivity index (χ4v) is 1.24. The number of carbonyl (C=O) groups is 1. The van der Waals surface area contributed by atoms with Crippen molar-refractivity contribution >= 4 is 11.7 Å². The quantitative estimate of drug-likeness (QED) is 0.491. The number of benzene rings is 1. The Morgan fingerprint density at radius 3 is 2.76 bits per heavy atom. The molecule has 0 spiro atoms. The van der Waals surface area contributed by atoms with Gasteiger partial charge in [-0.15, -0.1) is 0 Å². The Morgan fingerprint density at radius 1 is 1.65 bits per heavy atom. The Kier molecular flexibility index (Phi) is 3.72. The molecule has 7 heteroatoms. The van der Waals surface area contributed by atoms with Crippen molar-refractivity contribution in [1.82, 2.24) is 0 Å². The molecule has 0 aliphatic carbocycles. The van der Waals surface area contributed by atoms with Crippen molar-refractivity contribution in [3.8, 4) is 0 Å². The van der Waals surface area contributed by atoms with Crippen LogP contribution in [-0.4, -0.2) is 22.0 Å². The molecule has 1 N–H and O–H groups in total. The number of nitro benzene ring substituents is 1. The molecule has 1 aromatic carbocycles. The van der Waals surface area contributed by atoms with Crippen LogP contribution >= 0.6 is 0 Å². The Balaban J connectivity index is 3.01. The lowest BCUT2D eigenvalue weighted by Gasteiger charge is -2.01. The second-order valence-corrected chi connectivity index (χ2v) is 3.23. The van der Waals surface area contributed by atoms with Crippen molar-refractivity contribution in [2.75, 3.05) is 0 Å². The molecule has 1 atom stereocenters. The minimum absolute atomic E-state index is 0.194. The predicted octanol–water partition coefficient (Wildman–Crippen LogP) is 1.65. The summed E-state index contributed by atoms with van der Waals surface area (Å²) in [6, 6.07) is 1.73. The highest BCUT2D eigenvalue weighted by atomic mass is 19.1. The summed E-state index contributed by atoms with van der Waals surface area (Å²) >= 11 is 0. The van der Waals surface area contributed by atoms with Gasteiger partial charge in [0, 0.05) is 6.07 Å². The van der Waals surface area contributed by atoms with Crippen LogP contribution in [0.4, 0.5) is 10.1 Å². The minimum Gasteiger partial charge on any atom is -0.476 e. The molecule has 1 rings (SSSR count). The molecular formula is C10H7FN2O4. The maximum absolute atomic E-state index is 13.0. The molecule has 0 heterocycles. The molecule has 0 aliphatic rings. The van der Waals surface area contributed by atoms with Crippen LogP contribution in [0.1, 0.15) is 5.56 Å². The number of nitrogens with zero attached hydrogens (tertiary/aromatic N) is 2. The van der Waals surface area contributed by atoms with E-state index in [1.807, 2.05) is 0 Å². The summed E-state index contributed by atoms with van der Waals surface area (Å²) in [7, 11) is 0. The highest BCUT2D eigenvalue weighted by Crippen LogP contribution is 2.19. The third-order valence-electron chi connectivity index (χ3n) is 2.08. The first-order chi connectivity index (χ1) is 7.95. The average Bonchev–Trinajstić information content (AvgIpc) is 2.27. The summed E-state index contributed by atoms with van der Waals surface area (Å²) in [5.74, 6) is -2.31. The second-order valence-electron chi connectivity index (χ2n) is 3.23. The highest BCUT2D eigenvalue weighted by molar-refractivity contribution is 5.75. The number of aliphatic carboxylic acids is 1. The molecule has 0 bridgehead atoms. The molecule has 0 saturated heterocycles. The lowest BCUT2D eigenvalue weighted by molar-refractivity contribution is -0.387. The first-order valence-corrected chi connectivity index (χ1v) is 4.48. The van der Waals surface area contributed by atoms with Gasteiger partial charge in [-0.05, 0) is 11.6 Å². The van der Waals surface area contributed by atoms with Gasteiger partial charge in [-0.1, -0.05) is 6.07 Å². The van der Waals surface area contributed by atoms with Gasteiger partial charge in [0.05, 0.1) is 11.3 Å². The minimum atomic E-state index is -1.32. The van der Waals surface area contributed by atoms with E-state index in [-0.39, 0.29) is 12.0 Å². The van der Waals surface area contributed by atoms with Gasteiger partial charge in [-0.25, -0.2) is 11.4 Å². The fourth-order valence-electron chi connectivity index (χ4n) is 1.24. The highest BCUT2D eigenvalue weighted by Gasteiger charge is 2.24.